The molecule has 0 spiro atoms. The van der Waals surface area contributed by atoms with E-state index in [-0.39, 0.29) is 17.0 Å². The van der Waals surface area contributed by atoms with E-state index in [4.69, 9.17) is 5.26 Å². The molecule has 0 amide bonds. The van der Waals surface area contributed by atoms with E-state index in [1.54, 1.807) is 12.1 Å². The minimum Gasteiger partial charge on any atom is -0.207 e. The summed E-state index contributed by atoms with van der Waals surface area (Å²) >= 11 is 1.24. The summed E-state index contributed by atoms with van der Waals surface area (Å²) in [6.45, 7) is 0.0239. The number of aromatic nitrogens is 4. The van der Waals surface area contributed by atoms with Crippen molar-refractivity contribution in [2.75, 3.05) is 0 Å². The Morgan fingerprint density at radius 2 is 2.19 bits per heavy atom. The summed E-state index contributed by atoms with van der Waals surface area (Å²) in [5.41, 5.74) is 0.100. The molecule has 0 aliphatic carbocycles. The Hall–Kier alpha value is -2.35. The zero-order chi connectivity index (χ0) is 14.9. The summed E-state index contributed by atoms with van der Waals surface area (Å²) in [5.74, 6) is 0. The zero-order valence-corrected chi connectivity index (χ0v) is 12.1. The quantitative estimate of drug-likeness (QED) is 0.750. The first kappa shape index (κ1) is 13.6. The number of hydrogen-bond acceptors (Lipinski definition) is 7. The third-order valence-electron chi connectivity index (χ3n) is 2.64. The number of nitrogens with zero attached hydrogens (tertiary/aromatic N) is 5. The normalized spacial score (nSPS) is 11.6. The molecule has 0 aliphatic rings. The summed E-state index contributed by atoms with van der Waals surface area (Å²) in [4.78, 5) is 0.539. The van der Waals surface area contributed by atoms with Crippen molar-refractivity contribution in [3.8, 4) is 6.07 Å². The van der Waals surface area contributed by atoms with Gasteiger partial charge >= 0.3 is 0 Å². The van der Waals surface area contributed by atoms with Crippen molar-refractivity contribution < 1.29 is 8.42 Å². The topological polar surface area (TPSA) is 113 Å². The molecule has 0 aliphatic heterocycles. The smallest absolute Gasteiger partial charge is 0.207 e. The second-order valence-electron chi connectivity index (χ2n) is 3.99. The Morgan fingerprint density at radius 1 is 1.38 bits per heavy atom. The van der Waals surface area contributed by atoms with E-state index >= 15 is 0 Å². The van der Waals surface area contributed by atoms with E-state index in [1.807, 2.05) is 6.07 Å². The summed E-state index contributed by atoms with van der Waals surface area (Å²) < 4.78 is 28.3. The number of sulfonamides is 1. The van der Waals surface area contributed by atoms with Gasteiger partial charge in [-0.2, -0.15) is 14.9 Å². The van der Waals surface area contributed by atoms with Gasteiger partial charge in [0, 0.05) is 0 Å². The maximum absolute atomic E-state index is 12.2. The van der Waals surface area contributed by atoms with Gasteiger partial charge in [-0.05, 0) is 12.1 Å². The van der Waals surface area contributed by atoms with Crippen LogP contribution >= 0.6 is 11.3 Å². The van der Waals surface area contributed by atoms with Gasteiger partial charge in [-0.15, -0.1) is 10.2 Å². The molecule has 0 atom stereocenters. The molecule has 0 radical (unpaired) electrons. The lowest BCUT2D eigenvalue weighted by Crippen LogP contribution is -2.24. The predicted octanol–water partition coefficient (Wildman–Crippen LogP) is 0.536. The average Bonchev–Trinajstić information content (AvgIpc) is 3.06. The van der Waals surface area contributed by atoms with E-state index in [9.17, 15) is 8.42 Å². The fourth-order valence-corrected chi connectivity index (χ4v) is 3.69. The maximum Gasteiger partial charge on any atom is 0.242 e. The first-order valence-corrected chi connectivity index (χ1v) is 8.04. The molecular weight excluding hydrogens is 312 g/mol. The molecule has 106 valence electrons. The zero-order valence-electron chi connectivity index (χ0n) is 10.5. The Morgan fingerprint density at radius 3 is 2.95 bits per heavy atom. The first-order chi connectivity index (χ1) is 10.1. The van der Waals surface area contributed by atoms with Gasteiger partial charge in [0.25, 0.3) is 0 Å². The number of nitriles is 1. The van der Waals surface area contributed by atoms with Crippen LogP contribution in [0.3, 0.4) is 0 Å². The van der Waals surface area contributed by atoms with Crippen LogP contribution in [0.4, 0.5) is 0 Å². The average molecular weight is 320 g/mol. The van der Waals surface area contributed by atoms with Gasteiger partial charge in [0.1, 0.15) is 17.4 Å². The highest BCUT2D eigenvalue weighted by molar-refractivity contribution is 7.89. The van der Waals surface area contributed by atoms with Gasteiger partial charge in [-0.25, -0.2) is 13.1 Å². The predicted molar refractivity (Wildman–Crippen MR) is 73.8 cm³/mol. The Kier molecular flexibility index (Phi) is 3.38. The van der Waals surface area contributed by atoms with Crippen LogP contribution in [0, 0.1) is 11.3 Å². The highest BCUT2D eigenvalue weighted by Crippen LogP contribution is 2.16. The first-order valence-electron chi connectivity index (χ1n) is 5.75. The second kappa shape index (κ2) is 5.21. The molecule has 21 heavy (non-hydrogen) atoms. The fourth-order valence-electron chi connectivity index (χ4n) is 1.70. The van der Waals surface area contributed by atoms with Crippen molar-refractivity contribution in [3.63, 3.8) is 0 Å². The maximum atomic E-state index is 12.2. The van der Waals surface area contributed by atoms with Crippen LogP contribution in [0.1, 0.15) is 10.6 Å². The number of fused-ring (bicyclic) bond motifs is 1. The second-order valence-corrected chi connectivity index (χ2v) is 6.76. The molecule has 8 nitrogen and oxygen atoms in total. The SMILES string of the molecule is N#Cc1ccccc1S(=O)(=O)NCc1nn2cnnc2s1. The van der Waals surface area contributed by atoms with Crippen molar-refractivity contribution in [2.24, 2.45) is 0 Å². The third-order valence-corrected chi connectivity index (χ3v) is 5.01. The van der Waals surface area contributed by atoms with E-state index in [1.165, 1.54) is 34.3 Å². The van der Waals surface area contributed by atoms with Crippen molar-refractivity contribution in [3.05, 3.63) is 41.2 Å². The highest BCUT2D eigenvalue weighted by Gasteiger charge is 2.18. The fraction of sp³-hybridized carbons (Fsp3) is 0.0909. The van der Waals surface area contributed by atoms with E-state index in [0.29, 0.717) is 9.97 Å². The summed E-state index contributed by atoms with van der Waals surface area (Å²) in [6.07, 6.45) is 1.44. The summed E-state index contributed by atoms with van der Waals surface area (Å²) in [7, 11) is -3.77. The van der Waals surface area contributed by atoms with Gasteiger partial charge in [0.15, 0.2) is 0 Å². The molecule has 2 aromatic heterocycles. The number of nitrogens with one attached hydrogen (secondary N) is 1. The lowest BCUT2D eigenvalue weighted by molar-refractivity contribution is 0.580. The monoisotopic (exact) mass is 320 g/mol. The van der Waals surface area contributed by atoms with Crippen LogP contribution in [-0.2, 0) is 16.6 Å². The van der Waals surface area contributed by atoms with Crippen LogP contribution in [0.2, 0.25) is 0 Å². The number of benzene rings is 1. The molecule has 2 heterocycles. The van der Waals surface area contributed by atoms with Crippen LogP contribution < -0.4 is 4.72 Å². The van der Waals surface area contributed by atoms with E-state index < -0.39 is 10.0 Å². The number of rotatable bonds is 4. The van der Waals surface area contributed by atoms with Gasteiger partial charge in [0.05, 0.1) is 17.0 Å². The van der Waals surface area contributed by atoms with Crippen molar-refractivity contribution in [2.45, 2.75) is 11.4 Å². The van der Waals surface area contributed by atoms with Crippen molar-refractivity contribution in [1.82, 2.24) is 24.5 Å². The lowest BCUT2D eigenvalue weighted by Gasteiger charge is -2.06. The molecule has 0 bridgehead atoms. The molecular formula is C11H8N6O2S2. The van der Waals surface area contributed by atoms with Crippen LogP contribution in [0.15, 0.2) is 35.5 Å². The molecule has 0 saturated heterocycles. The molecule has 1 aromatic carbocycles. The lowest BCUT2D eigenvalue weighted by atomic mass is 10.2. The molecule has 3 rings (SSSR count). The van der Waals surface area contributed by atoms with Crippen LogP contribution in [-0.4, -0.2) is 28.2 Å². The molecule has 3 aromatic rings. The van der Waals surface area contributed by atoms with Crippen molar-refractivity contribution >= 4 is 26.3 Å². The van der Waals surface area contributed by atoms with Crippen LogP contribution in [0.25, 0.3) is 4.96 Å². The standard InChI is InChI=1S/C11H8N6O2S2/c12-5-8-3-1-2-4-9(8)21(18,19)14-6-10-16-17-7-13-15-11(17)20-10/h1-4,7,14H,6H2. The Labute approximate surface area is 123 Å². The summed E-state index contributed by atoms with van der Waals surface area (Å²) in [5, 5.41) is 21.1. The van der Waals surface area contributed by atoms with Crippen molar-refractivity contribution in [1.29, 1.82) is 5.26 Å². The third kappa shape index (κ3) is 2.62. The van der Waals surface area contributed by atoms with Gasteiger partial charge in [-0.3, -0.25) is 0 Å². The molecule has 1 N–H and O–H groups in total. The molecule has 0 fully saturated rings. The largest absolute Gasteiger partial charge is 0.242 e. The molecule has 0 saturated carbocycles. The van der Waals surface area contributed by atoms with Crippen LogP contribution in [0.5, 0.6) is 0 Å². The number of hydrogen-bond donors (Lipinski definition) is 1. The minimum absolute atomic E-state index is 0.0239. The van der Waals surface area contributed by atoms with E-state index in [0.717, 1.165) is 0 Å². The summed E-state index contributed by atoms with van der Waals surface area (Å²) in [6, 6.07) is 7.89. The van der Waals surface area contributed by atoms with Gasteiger partial charge in [0.2, 0.25) is 15.0 Å². The van der Waals surface area contributed by atoms with Gasteiger partial charge < -0.3 is 0 Å². The van der Waals surface area contributed by atoms with E-state index in [2.05, 4.69) is 20.0 Å². The van der Waals surface area contributed by atoms with Gasteiger partial charge in [-0.1, -0.05) is 23.5 Å². The highest BCUT2D eigenvalue weighted by atomic mass is 32.2. The Balaban J connectivity index is 1.83. The molecule has 10 heteroatoms. The minimum atomic E-state index is -3.77. The molecule has 0 unspecified atom stereocenters. The Bertz CT molecular complexity index is 908.